The number of benzene rings is 1. The number of aliphatic hydroxyl groups is 1. The van der Waals surface area contributed by atoms with Crippen molar-refractivity contribution >= 4 is 11.4 Å². The minimum absolute atomic E-state index is 0.0930. The zero-order valence-electron chi connectivity index (χ0n) is 9.46. The van der Waals surface area contributed by atoms with Crippen molar-refractivity contribution in [2.45, 2.75) is 32.2 Å². The average Bonchev–Trinajstić information content (AvgIpc) is 2.22. The fraction of sp³-hybridized carbons (Fsp3) is 0.500. The summed E-state index contributed by atoms with van der Waals surface area (Å²) in [6.07, 6.45) is 1.67. The van der Waals surface area contributed by atoms with Gasteiger partial charge < -0.3 is 16.2 Å². The maximum absolute atomic E-state index is 9.01. The number of nitrogens with two attached hydrogens (primary N) is 1. The fourth-order valence-electron chi connectivity index (χ4n) is 1.51. The summed E-state index contributed by atoms with van der Waals surface area (Å²) in [5.41, 5.74) is 7.45. The molecule has 0 aliphatic carbocycles. The Balaban J connectivity index is 2.79. The van der Waals surface area contributed by atoms with Crippen LogP contribution in [0.1, 0.15) is 26.7 Å². The van der Waals surface area contributed by atoms with Crippen LogP contribution in [-0.2, 0) is 0 Å². The van der Waals surface area contributed by atoms with Gasteiger partial charge in [-0.2, -0.15) is 0 Å². The molecule has 0 bridgehead atoms. The maximum atomic E-state index is 9.01. The van der Waals surface area contributed by atoms with Crippen LogP contribution in [0.5, 0.6) is 0 Å². The molecule has 1 rings (SSSR count). The molecular formula is C12H20N2O. The first kappa shape index (κ1) is 11.9. The van der Waals surface area contributed by atoms with Crippen molar-refractivity contribution in [3.8, 4) is 0 Å². The van der Waals surface area contributed by atoms with E-state index >= 15 is 0 Å². The number of nitrogen functional groups attached to an aromatic ring is 1. The molecule has 1 aromatic carbocycles. The van der Waals surface area contributed by atoms with E-state index < -0.39 is 0 Å². The Labute approximate surface area is 91.3 Å². The molecule has 15 heavy (non-hydrogen) atoms. The van der Waals surface area contributed by atoms with E-state index in [0.717, 1.165) is 24.2 Å². The standard InChI is InChI=1S/C12H20N2O/c1-3-12(2,8-9-15)14-11-7-5-4-6-10(11)13/h4-7,14-15H,3,8-9,13H2,1-2H3. The molecule has 0 saturated carbocycles. The molecule has 84 valence electrons. The van der Waals surface area contributed by atoms with E-state index in [2.05, 4.69) is 19.2 Å². The summed E-state index contributed by atoms with van der Waals surface area (Å²) >= 11 is 0. The summed E-state index contributed by atoms with van der Waals surface area (Å²) in [5, 5.41) is 12.4. The Bertz CT molecular complexity index is 314. The van der Waals surface area contributed by atoms with E-state index in [1.165, 1.54) is 0 Å². The molecule has 3 heteroatoms. The van der Waals surface area contributed by atoms with Crippen molar-refractivity contribution in [1.82, 2.24) is 0 Å². The third kappa shape index (κ3) is 3.13. The Morgan fingerprint density at radius 2 is 2.07 bits per heavy atom. The Hall–Kier alpha value is -1.22. The van der Waals surface area contributed by atoms with Gasteiger partial charge in [0.25, 0.3) is 0 Å². The van der Waals surface area contributed by atoms with Gasteiger partial charge in [-0.05, 0) is 31.9 Å². The fourth-order valence-corrected chi connectivity index (χ4v) is 1.51. The highest BCUT2D eigenvalue weighted by Gasteiger charge is 2.21. The molecule has 1 atom stereocenters. The SMILES string of the molecule is CCC(C)(CCO)Nc1ccccc1N. The third-order valence-electron chi connectivity index (χ3n) is 2.84. The van der Waals surface area contributed by atoms with Crippen LogP contribution >= 0.6 is 0 Å². The van der Waals surface area contributed by atoms with E-state index in [9.17, 15) is 0 Å². The molecule has 0 fully saturated rings. The topological polar surface area (TPSA) is 58.3 Å². The van der Waals surface area contributed by atoms with Crippen LogP contribution < -0.4 is 11.1 Å². The normalized spacial score (nSPS) is 14.6. The van der Waals surface area contributed by atoms with E-state index in [1.807, 2.05) is 24.3 Å². The molecule has 1 aromatic rings. The van der Waals surface area contributed by atoms with Gasteiger partial charge in [-0.25, -0.2) is 0 Å². The van der Waals surface area contributed by atoms with Crippen LogP contribution in [0.15, 0.2) is 24.3 Å². The minimum Gasteiger partial charge on any atom is -0.397 e. The lowest BCUT2D eigenvalue weighted by Crippen LogP contribution is -2.35. The largest absolute Gasteiger partial charge is 0.397 e. The van der Waals surface area contributed by atoms with Gasteiger partial charge in [-0.1, -0.05) is 19.1 Å². The Morgan fingerprint density at radius 3 is 2.60 bits per heavy atom. The zero-order valence-corrected chi connectivity index (χ0v) is 9.46. The number of hydrogen-bond acceptors (Lipinski definition) is 3. The molecule has 0 aliphatic rings. The van der Waals surface area contributed by atoms with Gasteiger partial charge in [-0.3, -0.25) is 0 Å². The Morgan fingerprint density at radius 1 is 1.40 bits per heavy atom. The molecule has 0 spiro atoms. The van der Waals surface area contributed by atoms with Crippen LogP contribution in [0, 0.1) is 0 Å². The number of rotatable bonds is 5. The zero-order chi connectivity index (χ0) is 11.3. The molecular weight excluding hydrogens is 188 g/mol. The van der Waals surface area contributed by atoms with Gasteiger partial charge in [0.2, 0.25) is 0 Å². The molecule has 3 nitrogen and oxygen atoms in total. The highest BCUT2D eigenvalue weighted by Crippen LogP contribution is 2.25. The number of aliphatic hydroxyl groups excluding tert-OH is 1. The highest BCUT2D eigenvalue weighted by molar-refractivity contribution is 5.66. The van der Waals surface area contributed by atoms with Crippen molar-refractivity contribution in [3.63, 3.8) is 0 Å². The number of para-hydroxylation sites is 2. The van der Waals surface area contributed by atoms with Crippen LogP contribution in [0.4, 0.5) is 11.4 Å². The first-order valence-corrected chi connectivity index (χ1v) is 5.35. The lowest BCUT2D eigenvalue weighted by Gasteiger charge is -2.30. The van der Waals surface area contributed by atoms with Crippen LogP contribution in [0.25, 0.3) is 0 Å². The summed E-state index contributed by atoms with van der Waals surface area (Å²) in [5.74, 6) is 0. The predicted octanol–water partition coefficient (Wildman–Crippen LogP) is 2.23. The minimum atomic E-state index is -0.0930. The highest BCUT2D eigenvalue weighted by atomic mass is 16.3. The molecule has 0 heterocycles. The average molecular weight is 208 g/mol. The lowest BCUT2D eigenvalue weighted by molar-refractivity contribution is 0.252. The van der Waals surface area contributed by atoms with E-state index in [0.29, 0.717) is 0 Å². The van der Waals surface area contributed by atoms with Gasteiger partial charge in [-0.15, -0.1) is 0 Å². The molecule has 0 aliphatic heterocycles. The van der Waals surface area contributed by atoms with Crippen LogP contribution in [0.2, 0.25) is 0 Å². The summed E-state index contributed by atoms with van der Waals surface area (Å²) in [6.45, 7) is 4.38. The molecule has 4 N–H and O–H groups in total. The second-order valence-corrected chi connectivity index (χ2v) is 4.10. The van der Waals surface area contributed by atoms with Gasteiger partial charge in [0.1, 0.15) is 0 Å². The predicted molar refractivity (Wildman–Crippen MR) is 64.9 cm³/mol. The summed E-state index contributed by atoms with van der Waals surface area (Å²) in [6, 6.07) is 7.70. The smallest absolute Gasteiger partial charge is 0.0578 e. The first-order chi connectivity index (χ1) is 7.11. The molecule has 0 amide bonds. The number of hydrogen-bond donors (Lipinski definition) is 3. The molecule has 0 radical (unpaired) electrons. The van der Waals surface area contributed by atoms with Gasteiger partial charge >= 0.3 is 0 Å². The lowest BCUT2D eigenvalue weighted by atomic mass is 9.94. The summed E-state index contributed by atoms with van der Waals surface area (Å²) in [4.78, 5) is 0. The van der Waals surface area contributed by atoms with Crippen molar-refractivity contribution in [3.05, 3.63) is 24.3 Å². The third-order valence-corrected chi connectivity index (χ3v) is 2.84. The van der Waals surface area contributed by atoms with Crippen LogP contribution in [0.3, 0.4) is 0 Å². The number of anilines is 2. The van der Waals surface area contributed by atoms with Gasteiger partial charge in [0, 0.05) is 12.1 Å². The van der Waals surface area contributed by atoms with Crippen molar-refractivity contribution in [1.29, 1.82) is 0 Å². The quantitative estimate of drug-likeness (QED) is 0.650. The van der Waals surface area contributed by atoms with E-state index in [4.69, 9.17) is 10.8 Å². The van der Waals surface area contributed by atoms with Crippen LogP contribution in [-0.4, -0.2) is 17.3 Å². The van der Waals surface area contributed by atoms with Crippen molar-refractivity contribution in [2.24, 2.45) is 0 Å². The molecule has 0 aromatic heterocycles. The number of nitrogens with one attached hydrogen (secondary N) is 1. The summed E-state index contributed by atoms with van der Waals surface area (Å²) in [7, 11) is 0. The molecule has 0 saturated heterocycles. The molecule has 1 unspecified atom stereocenters. The summed E-state index contributed by atoms with van der Waals surface area (Å²) < 4.78 is 0. The van der Waals surface area contributed by atoms with E-state index in [-0.39, 0.29) is 12.1 Å². The second-order valence-electron chi connectivity index (χ2n) is 4.10. The van der Waals surface area contributed by atoms with E-state index in [1.54, 1.807) is 0 Å². The maximum Gasteiger partial charge on any atom is 0.0578 e. The first-order valence-electron chi connectivity index (χ1n) is 5.35. The monoisotopic (exact) mass is 208 g/mol. The Kier molecular flexibility index (Phi) is 3.97. The van der Waals surface area contributed by atoms with Crippen molar-refractivity contribution in [2.75, 3.05) is 17.7 Å². The van der Waals surface area contributed by atoms with Gasteiger partial charge in [0.15, 0.2) is 0 Å². The van der Waals surface area contributed by atoms with Gasteiger partial charge in [0.05, 0.1) is 11.4 Å². The second kappa shape index (κ2) is 5.03. The van der Waals surface area contributed by atoms with Crippen molar-refractivity contribution < 1.29 is 5.11 Å².